The molecule has 0 aliphatic carbocycles. The zero-order chi connectivity index (χ0) is 8.53. The minimum absolute atomic E-state index is 0.625. The summed E-state index contributed by atoms with van der Waals surface area (Å²) < 4.78 is 0. The van der Waals surface area contributed by atoms with Gasteiger partial charge in [-0.3, -0.25) is 0 Å². The summed E-state index contributed by atoms with van der Waals surface area (Å²) in [7, 11) is 0. The average Bonchev–Trinajstić information content (AvgIpc) is 2.01. The van der Waals surface area contributed by atoms with Gasteiger partial charge in [0.2, 0.25) is 0 Å². The topological polar surface area (TPSA) is 50.1 Å². The van der Waals surface area contributed by atoms with Crippen molar-refractivity contribution in [1.82, 2.24) is 10.6 Å². The van der Waals surface area contributed by atoms with E-state index in [2.05, 4.69) is 17.6 Å². The number of unbranched alkanes of at least 4 members (excludes halogenated alkanes) is 1. The molecule has 0 aliphatic rings. The van der Waals surface area contributed by atoms with Crippen molar-refractivity contribution in [3.05, 3.63) is 12.4 Å². The van der Waals surface area contributed by atoms with Gasteiger partial charge in [-0.25, -0.2) is 0 Å². The normalized spacial score (nSPS) is 9.91. The Kier molecular flexibility index (Phi) is 6.82. The summed E-state index contributed by atoms with van der Waals surface area (Å²) in [5.74, 6) is 0. The van der Waals surface area contributed by atoms with Gasteiger partial charge in [0.1, 0.15) is 0 Å². The van der Waals surface area contributed by atoms with Crippen molar-refractivity contribution >= 4 is 17.3 Å². The van der Waals surface area contributed by atoms with Gasteiger partial charge < -0.3 is 16.4 Å². The molecule has 0 aromatic rings. The highest BCUT2D eigenvalue weighted by molar-refractivity contribution is 7.80. The average molecular weight is 173 g/mol. The Bertz CT molecular complexity index is 134. The summed E-state index contributed by atoms with van der Waals surface area (Å²) in [6.07, 6.45) is 5.31. The molecule has 4 heteroatoms. The van der Waals surface area contributed by atoms with Crippen LogP contribution in [0.25, 0.3) is 0 Å². The van der Waals surface area contributed by atoms with Gasteiger partial charge in [0.05, 0.1) is 0 Å². The predicted molar refractivity (Wildman–Crippen MR) is 52.0 cm³/mol. The lowest BCUT2D eigenvalue weighted by molar-refractivity contribution is 0.751. The third kappa shape index (κ3) is 7.12. The lowest BCUT2D eigenvalue weighted by atomic mass is 10.3. The molecule has 0 atom stereocenters. The number of thiocarbonyl (C=S) groups is 1. The zero-order valence-electron chi connectivity index (χ0n) is 6.76. The van der Waals surface area contributed by atoms with Crippen molar-refractivity contribution in [3.8, 4) is 0 Å². The van der Waals surface area contributed by atoms with E-state index in [1.54, 1.807) is 6.20 Å². The van der Waals surface area contributed by atoms with Crippen molar-refractivity contribution in [1.29, 1.82) is 0 Å². The van der Waals surface area contributed by atoms with Crippen LogP contribution in [-0.2, 0) is 0 Å². The number of hydrogen-bond acceptors (Lipinski definition) is 2. The number of hydrogen-bond donors (Lipinski definition) is 3. The maximum absolute atomic E-state index is 5.10. The molecule has 0 radical (unpaired) electrons. The Morgan fingerprint density at radius 2 is 2.36 bits per heavy atom. The second-order valence-corrected chi connectivity index (χ2v) is 2.52. The van der Waals surface area contributed by atoms with Crippen LogP contribution >= 0.6 is 12.2 Å². The standard InChI is InChI=1S/C7H15N3S/c1-2-3-5-9-7(11)10-6-4-8/h4,6H,2-3,5,8H2,1H3,(H2,9,10,11)/b6-4-. The van der Waals surface area contributed by atoms with Crippen molar-refractivity contribution in [2.24, 2.45) is 5.73 Å². The van der Waals surface area contributed by atoms with Crippen molar-refractivity contribution in [3.63, 3.8) is 0 Å². The second kappa shape index (κ2) is 7.34. The van der Waals surface area contributed by atoms with Gasteiger partial charge >= 0.3 is 0 Å². The fraction of sp³-hybridized carbons (Fsp3) is 0.571. The molecule has 0 aromatic heterocycles. The van der Waals surface area contributed by atoms with Gasteiger partial charge in [0.15, 0.2) is 5.11 Å². The Balaban J connectivity index is 3.23. The molecule has 0 fully saturated rings. The van der Waals surface area contributed by atoms with Gasteiger partial charge in [0, 0.05) is 18.9 Å². The van der Waals surface area contributed by atoms with E-state index in [1.165, 1.54) is 12.6 Å². The Morgan fingerprint density at radius 1 is 1.64 bits per heavy atom. The van der Waals surface area contributed by atoms with Gasteiger partial charge in [-0.05, 0) is 18.6 Å². The Hall–Kier alpha value is -0.770. The molecule has 0 aliphatic heterocycles. The molecule has 0 saturated heterocycles. The van der Waals surface area contributed by atoms with E-state index < -0.39 is 0 Å². The van der Waals surface area contributed by atoms with Crippen LogP contribution < -0.4 is 16.4 Å². The zero-order valence-corrected chi connectivity index (χ0v) is 7.58. The van der Waals surface area contributed by atoms with Crippen LogP contribution in [-0.4, -0.2) is 11.7 Å². The van der Waals surface area contributed by atoms with E-state index in [4.69, 9.17) is 18.0 Å². The molecule has 0 unspecified atom stereocenters. The van der Waals surface area contributed by atoms with E-state index in [0.717, 1.165) is 13.0 Å². The van der Waals surface area contributed by atoms with Gasteiger partial charge in [0.25, 0.3) is 0 Å². The smallest absolute Gasteiger partial charge is 0.170 e. The molecule has 11 heavy (non-hydrogen) atoms. The highest BCUT2D eigenvalue weighted by Gasteiger charge is 1.88. The minimum Gasteiger partial charge on any atom is -0.403 e. The van der Waals surface area contributed by atoms with Gasteiger partial charge in [-0.1, -0.05) is 13.3 Å². The van der Waals surface area contributed by atoms with Gasteiger partial charge in [-0.2, -0.15) is 0 Å². The molecular formula is C7H15N3S. The highest BCUT2D eigenvalue weighted by Crippen LogP contribution is 1.81. The second-order valence-electron chi connectivity index (χ2n) is 2.11. The first-order valence-corrected chi connectivity index (χ1v) is 4.13. The van der Waals surface area contributed by atoms with Crippen LogP contribution in [0.4, 0.5) is 0 Å². The molecule has 0 aromatic carbocycles. The molecule has 3 nitrogen and oxygen atoms in total. The van der Waals surface area contributed by atoms with Crippen LogP contribution in [0.15, 0.2) is 12.4 Å². The molecule has 4 N–H and O–H groups in total. The fourth-order valence-corrected chi connectivity index (χ4v) is 0.724. The first kappa shape index (κ1) is 10.2. The molecular weight excluding hydrogens is 158 g/mol. The lowest BCUT2D eigenvalue weighted by Crippen LogP contribution is -2.32. The summed E-state index contributed by atoms with van der Waals surface area (Å²) in [5.41, 5.74) is 5.10. The van der Waals surface area contributed by atoms with E-state index in [1.807, 2.05) is 0 Å². The third-order valence-electron chi connectivity index (χ3n) is 1.13. The third-order valence-corrected chi connectivity index (χ3v) is 1.39. The van der Waals surface area contributed by atoms with Crippen LogP contribution in [0.1, 0.15) is 19.8 Å². The maximum Gasteiger partial charge on any atom is 0.170 e. The summed E-state index contributed by atoms with van der Waals surface area (Å²) in [5, 5.41) is 6.46. The monoisotopic (exact) mass is 173 g/mol. The Labute approximate surface area is 73.0 Å². The quantitative estimate of drug-likeness (QED) is 0.432. The Morgan fingerprint density at radius 3 is 2.91 bits per heavy atom. The summed E-state index contributed by atoms with van der Waals surface area (Å²) in [6.45, 7) is 3.05. The molecule has 0 rings (SSSR count). The van der Waals surface area contributed by atoms with Crippen molar-refractivity contribution in [2.75, 3.05) is 6.54 Å². The number of nitrogens with one attached hydrogen (secondary N) is 2. The fourth-order valence-electron chi connectivity index (χ4n) is 0.554. The van der Waals surface area contributed by atoms with Gasteiger partial charge in [-0.15, -0.1) is 0 Å². The highest BCUT2D eigenvalue weighted by atomic mass is 32.1. The van der Waals surface area contributed by atoms with Crippen molar-refractivity contribution < 1.29 is 0 Å². The predicted octanol–water partition coefficient (Wildman–Crippen LogP) is 0.681. The summed E-state index contributed by atoms with van der Waals surface area (Å²) >= 11 is 4.90. The van der Waals surface area contributed by atoms with Crippen LogP contribution in [0.3, 0.4) is 0 Å². The molecule has 0 amide bonds. The number of nitrogens with two attached hydrogens (primary N) is 1. The van der Waals surface area contributed by atoms with Crippen LogP contribution in [0.5, 0.6) is 0 Å². The van der Waals surface area contributed by atoms with E-state index in [9.17, 15) is 0 Å². The summed E-state index contributed by atoms with van der Waals surface area (Å²) in [4.78, 5) is 0. The largest absolute Gasteiger partial charge is 0.403 e. The van der Waals surface area contributed by atoms with Crippen LogP contribution in [0, 0.1) is 0 Å². The minimum atomic E-state index is 0.625. The van der Waals surface area contributed by atoms with E-state index >= 15 is 0 Å². The SMILES string of the molecule is CCCCNC(=S)N/C=C\N. The maximum atomic E-state index is 5.10. The molecule has 64 valence electrons. The number of rotatable bonds is 4. The van der Waals surface area contributed by atoms with E-state index in [-0.39, 0.29) is 0 Å². The van der Waals surface area contributed by atoms with Crippen LogP contribution in [0.2, 0.25) is 0 Å². The lowest BCUT2D eigenvalue weighted by Gasteiger charge is -2.05. The molecule has 0 saturated carbocycles. The molecule has 0 spiro atoms. The molecule has 0 bridgehead atoms. The van der Waals surface area contributed by atoms with E-state index in [0.29, 0.717) is 5.11 Å². The summed E-state index contributed by atoms with van der Waals surface area (Å²) in [6, 6.07) is 0. The first-order valence-electron chi connectivity index (χ1n) is 3.72. The molecule has 0 heterocycles. The first-order chi connectivity index (χ1) is 5.31. The van der Waals surface area contributed by atoms with Crippen molar-refractivity contribution in [2.45, 2.75) is 19.8 Å².